The van der Waals surface area contributed by atoms with E-state index in [-0.39, 0.29) is 12.0 Å². The highest BCUT2D eigenvalue weighted by molar-refractivity contribution is 7.93. The summed E-state index contributed by atoms with van der Waals surface area (Å²) in [6, 6.07) is 8.45. The van der Waals surface area contributed by atoms with Gasteiger partial charge in [-0.3, -0.25) is 0 Å². The zero-order valence-electron chi connectivity index (χ0n) is 13.6. The Hall–Kier alpha value is -1.86. The minimum Gasteiger partial charge on any atom is -0.375 e. The predicted molar refractivity (Wildman–Crippen MR) is 91.5 cm³/mol. The second kappa shape index (κ2) is 6.94. The van der Waals surface area contributed by atoms with Crippen molar-refractivity contribution in [3.8, 4) is 0 Å². The third-order valence-corrected chi connectivity index (χ3v) is 5.69. The van der Waals surface area contributed by atoms with Crippen molar-refractivity contribution in [2.45, 2.75) is 38.4 Å². The highest BCUT2D eigenvalue weighted by atomic mass is 32.2. The minimum atomic E-state index is -3.84. The number of hydrogen-bond donors (Lipinski definition) is 2. The van der Waals surface area contributed by atoms with Crippen molar-refractivity contribution in [3.63, 3.8) is 0 Å². The van der Waals surface area contributed by atoms with Crippen LogP contribution in [0.25, 0.3) is 5.57 Å². The molecule has 1 aromatic carbocycles. The average Bonchev–Trinajstić information content (AvgIpc) is 3.15. The Labute approximate surface area is 142 Å². The third kappa shape index (κ3) is 4.15. The van der Waals surface area contributed by atoms with Crippen molar-refractivity contribution in [2.75, 3.05) is 6.54 Å². The largest absolute Gasteiger partial charge is 0.375 e. The Kier molecular flexibility index (Phi) is 4.91. The minimum absolute atomic E-state index is 0.201. The molecule has 2 aliphatic heterocycles. The number of urea groups is 1. The predicted octanol–water partition coefficient (Wildman–Crippen LogP) is 2.24. The molecule has 0 radical (unpaired) electrons. The van der Waals surface area contributed by atoms with Gasteiger partial charge in [-0.15, -0.1) is 0 Å². The first kappa shape index (κ1) is 17.0. The molecule has 0 aliphatic carbocycles. The van der Waals surface area contributed by atoms with Crippen LogP contribution in [0.2, 0.25) is 0 Å². The molecule has 0 aromatic heterocycles. The molecule has 2 heterocycles. The van der Waals surface area contributed by atoms with Crippen LogP contribution in [-0.4, -0.2) is 33.2 Å². The lowest BCUT2D eigenvalue weighted by atomic mass is 9.89. The molecule has 3 rings (SSSR count). The van der Waals surface area contributed by atoms with E-state index in [0.717, 1.165) is 30.2 Å². The fourth-order valence-electron chi connectivity index (χ4n) is 3.38. The quantitative estimate of drug-likeness (QED) is 0.853. The number of benzene rings is 1. The van der Waals surface area contributed by atoms with Crippen LogP contribution in [-0.2, 0) is 14.8 Å². The lowest BCUT2D eigenvalue weighted by molar-refractivity contribution is 0.0928. The van der Waals surface area contributed by atoms with Gasteiger partial charge < -0.3 is 10.1 Å². The smallest absolute Gasteiger partial charge is 0.328 e. The molecular weight excluding hydrogens is 328 g/mol. The number of hydrogen-bond acceptors (Lipinski definition) is 4. The van der Waals surface area contributed by atoms with Crippen LogP contribution in [0.5, 0.6) is 0 Å². The molecule has 0 spiro atoms. The maximum atomic E-state index is 12.1. The molecule has 2 N–H and O–H groups in total. The summed E-state index contributed by atoms with van der Waals surface area (Å²) in [5.74, 6) is 0.277. The summed E-state index contributed by atoms with van der Waals surface area (Å²) in [6.45, 7) is 2.13. The van der Waals surface area contributed by atoms with E-state index < -0.39 is 16.1 Å². The maximum absolute atomic E-state index is 12.1. The number of ether oxygens (including phenoxy) is 1. The van der Waals surface area contributed by atoms with Crippen LogP contribution in [0, 0.1) is 5.92 Å². The number of rotatable bonds is 5. The van der Waals surface area contributed by atoms with E-state index in [4.69, 9.17) is 4.74 Å². The van der Waals surface area contributed by atoms with Gasteiger partial charge in [0.15, 0.2) is 0 Å². The number of fused-ring (bicyclic) bond motifs is 2. The molecule has 1 aromatic rings. The molecule has 0 saturated carbocycles. The Morgan fingerprint density at radius 2 is 2.04 bits per heavy atom. The molecule has 7 heteroatoms. The van der Waals surface area contributed by atoms with Gasteiger partial charge in [-0.2, -0.15) is 0 Å². The van der Waals surface area contributed by atoms with Crippen molar-refractivity contribution >= 4 is 21.6 Å². The van der Waals surface area contributed by atoms with Gasteiger partial charge in [0, 0.05) is 12.5 Å². The highest BCUT2D eigenvalue weighted by Crippen LogP contribution is 2.38. The summed E-state index contributed by atoms with van der Waals surface area (Å²) in [5, 5.41) is 3.71. The molecule has 130 valence electrons. The van der Waals surface area contributed by atoms with Crippen molar-refractivity contribution in [1.82, 2.24) is 10.0 Å². The van der Waals surface area contributed by atoms with E-state index in [9.17, 15) is 13.2 Å². The van der Waals surface area contributed by atoms with Crippen molar-refractivity contribution in [2.24, 2.45) is 5.92 Å². The van der Waals surface area contributed by atoms with Crippen LogP contribution in [0.3, 0.4) is 0 Å². The van der Waals surface area contributed by atoms with Crippen LogP contribution < -0.4 is 10.0 Å². The Morgan fingerprint density at radius 3 is 2.67 bits per heavy atom. The van der Waals surface area contributed by atoms with Gasteiger partial charge >= 0.3 is 6.03 Å². The molecule has 3 atom stereocenters. The third-order valence-electron chi connectivity index (χ3n) is 4.55. The fourth-order valence-corrected chi connectivity index (χ4v) is 4.37. The molecule has 2 saturated heterocycles. The molecule has 3 unspecified atom stereocenters. The number of amides is 2. The summed E-state index contributed by atoms with van der Waals surface area (Å²) < 4.78 is 31.9. The summed E-state index contributed by atoms with van der Waals surface area (Å²) in [7, 11) is -3.84. The van der Waals surface area contributed by atoms with Crippen molar-refractivity contribution in [1.29, 1.82) is 0 Å². The first-order valence-corrected chi connectivity index (χ1v) is 9.67. The van der Waals surface area contributed by atoms with Gasteiger partial charge in [-0.05, 0) is 37.3 Å². The van der Waals surface area contributed by atoms with Crippen LogP contribution in [0.15, 0.2) is 35.7 Å². The number of sulfonamides is 1. The second-order valence-electron chi connectivity index (χ2n) is 6.39. The van der Waals surface area contributed by atoms with Gasteiger partial charge in [0.05, 0.1) is 17.6 Å². The average molecular weight is 350 g/mol. The maximum Gasteiger partial charge on any atom is 0.328 e. The molecule has 2 amide bonds. The number of carbonyl (C=O) groups is 1. The molecule has 6 nitrogen and oxygen atoms in total. The Morgan fingerprint density at radius 1 is 1.29 bits per heavy atom. The van der Waals surface area contributed by atoms with E-state index in [1.807, 2.05) is 35.1 Å². The van der Waals surface area contributed by atoms with E-state index >= 15 is 0 Å². The van der Waals surface area contributed by atoms with Crippen molar-refractivity contribution < 1.29 is 17.9 Å². The summed E-state index contributed by atoms with van der Waals surface area (Å²) >= 11 is 0. The zero-order valence-corrected chi connectivity index (χ0v) is 14.4. The Balaban J connectivity index is 1.53. The number of carbonyl (C=O) groups excluding carboxylic acids is 1. The van der Waals surface area contributed by atoms with Crippen molar-refractivity contribution in [3.05, 3.63) is 41.3 Å². The topological polar surface area (TPSA) is 84.5 Å². The molecular formula is C17H22N2O4S. The van der Waals surface area contributed by atoms with Crippen LogP contribution >= 0.6 is 0 Å². The number of allylic oxidation sites excluding steroid dienone is 1. The van der Waals surface area contributed by atoms with E-state index in [2.05, 4.69) is 5.32 Å². The van der Waals surface area contributed by atoms with Gasteiger partial charge in [0.25, 0.3) is 10.0 Å². The fraction of sp³-hybridized carbons (Fsp3) is 0.471. The van der Waals surface area contributed by atoms with Crippen LogP contribution in [0.1, 0.15) is 31.7 Å². The molecule has 24 heavy (non-hydrogen) atoms. The summed E-state index contributed by atoms with van der Waals surface area (Å²) in [5.41, 5.74) is 1.36. The first-order valence-electron chi connectivity index (χ1n) is 8.13. The second-order valence-corrected chi connectivity index (χ2v) is 7.92. The monoisotopic (exact) mass is 350 g/mol. The molecule has 2 aliphatic rings. The van der Waals surface area contributed by atoms with Gasteiger partial charge in [-0.25, -0.2) is 17.9 Å². The summed E-state index contributed by atoms with van der Waals surface area (Å²) in [4.78, 5) is 11.9. The van der Waals surface area contributed by atoms with Gasteiger partial charge in [-0.1, -0.05) is 30.3 Å². The van der Waals surface area contributed by atoms with Gasteiger partial charge in [0.2, 0.25) is 0 Å². The van der Waals surface area contributed by atoms with E-state index in [0.29, 0.717) is 18.2 Å². The highest BCUT2D eigenvalue weighted by Gasteiger charge is 2.40. The lowest BCUT2D eigenvalue weighted by Gasteiger charge is -2.18. The van der Waals surface area contributed by atoms with E-state index in [1.54, 1.807) is 6.92 Å². The zero-order chi connectivity index (χ0) is 17.2. The normalized spacial score (nSPS) is 26.4. The molecule has 2 bridgehead atoms. The van der Waals surface area contributed by atoms with Gasteiger partial charge in [0.1, 0.15) is 0 Å². The molecule has 2 fully saturated rings. The lowest BCUT2D eigenvalue weighted by Crippen LogP contribution is -2.42. The van der Waals surface area contributed by atoms with E-state index in [1.165, 1.54) is 0 Å². The Bertz CT molecular complexity index is 730. The standard InChI is InChI=1S/C17H22N2O4S/c1-12(13-5-3-2-4-6-13)11-24(21,22)19-17(20)18-10-14-9-15-7-8-16(14)23-15/h2-6,11,14-16H,7-10H2,1H3,(H2,18,19,20). The summed E-state index contributed by atoms with van der Waals surface area (Å²) in [6.07, 6.45) is 3.56. The number of nitrogens with one attached hydrogen (secondary N) is 2. The van der Waals surface area contributed by atoms with Crippen LogP contribution in [0.4, 0.5) is 4.79 Å². The SMILES string of the molecule is CC(=CS(=O)(=O)NC(=O)NCC1CC2CCC1O2)c1ccccc1. The first-order chi connectivity index (χ1) is 11.4.